The summed E-state index contributed by atoms with van der Waals surface area (Å²) in [5.74, 6) is 1.55. The molecule has 2 rings (SSSR count). The second kappa shape index (κ2) is 10.3. The standard InChI is InChI=1S/C17H24N4O.HI/c1-4-15-11-16(22-21-15)12-19-17(18-5-2)20-13(3)14-9-7-6-8-10-14;/h6-11,13H,4-5,12H2,1-3H3,(H2,18,19,20);1H. The van der Waals surface area contributed by atoms with Crippen molar-refractivity contribution in [1.82, 2.24) is 15.8 Å². The van der Waals surface area contributed by atoms with Crippen LogP contribution in [0.3, 0.4) is 0 Å². The Morgan fingerprint density at radius 2 is 2.00 bits per heavy atom. The molecule has 5 nitrogen and oxygen atoms in total. The molecule has 1 aromatic heterocycles. The molecule has 0 aliphatic carbocycles. The fourth-order valence-corrected chi connectivity index (χ4v) is 2.10. The Balaban J connectivity index is 0.00000264. The molecule has 0 radical (unpaired) electrons. The molecule has 6 heteroatoms. The highest BCUT2D eigenvalue weighted by Crippen LogP contribution is 2.11. The Labute approximate surface area is 155 Å². The molecule has 0 saturated heterocycles. The minimum absolute atomic E-state index is 0. The highest BCUT2D eigenvalue weighted by atomic mass is 127. The summed E-state index contributed by atoms with van der Waals surface area (Å²) < 4.78 is 5.26. The van der Waals surface area contributed by atoms with Crippen molar-refractivity contribution in [3.63, 3.8) is 0 Å². The van der Waals surface area contributed by atoms with Gasteiger partial charge in [-0.15, -0.1) is 24.0 Å². The number of hydrogen-bond acceptors (Lipinski definition) is 3. The SMILES string of the molecule is CCNC(=NCc1cc(CC)no1)NC(C)c1ccccc1.I. The molecule has 126 valence electrons. The highest BCUT2D eigenvalue weighted by molar-refractivity contribution is 14.0. The summed E-state index contributed by atoms with van der Waals surface area (Å²) in [6.07, 6.45) is 0.872. The summed E-state index contributed by atoms with van der Waals surface area (Å²) in [5, 5.41) is 10.6. The van der Waals surface area contributed by atoms with E-state index in [1.54, 1.807) is 0 Å². The molecule has 1 unspecified atom stereocenters. The number of hydrogen-bond donors (Lipinski definition) is 2. The third-order valence-corrected chi connectivity index (χ3v) is 3.36. The first-order valence-electron chi connectivity index (χ1n) is 7.77. The number of nitrogens with zero attached hydrogens (tertiary/aromatic N) is 2. The largest absolute Gasteiger partial charge is 0.359 e. The van der Waals surface area contributed by atoms with E-state index < -0.39 is 0 Å². The molecule has 0 bridgehead atoms. The molecule has 2 N–H and O–H groups in total. The van der Waals surface area contributed by atoms with E-state index in [4.69, 9.17) is 4.52 Å². The van der Waals surface area contributed by atoms with Crippen molar-refractivity contribution in [1.29, 1.82) is 0 Å². The van der Waals surface area contributed by atoms with E-state index in [1.807, 2.05) is 31.2 Å². The number of rotatable bonds is 6. The molecule has 0 aliphatic rings. The maximum absolute atomic E-state index is 5.26. The fraction of sp³-hybridized carbons (Fsp3) is 0.412. The van der Waals surface area contributed by atoms with Crippen molar-refractivity contribution in [2.45, 2.75) is 39.8 Å². The van der Waals surface area contributed by atoms with Crippen LogP contribution in [0.1, 0.15) is 43.8 Å². The van der Waals surface area contributed by atoms with Crippen LogP contribution in [0.5, 0.6) is 0 Å². The first kappa shape index (κ1) is 19.5. The van der Waals surface area contributed by atoms with Crippen molar-refractivity contribution in [2.24, 2.45) is 4.99 Å². The Morgan fingerprint density at radius 1 is 1.26 bits per heavy atom. The summed E-state index contributed by atoms with van der Waals surface area (Å²) in [5.41, 5.74) is 2.18. The quantitative estimate of drug-likeness (QED) is 0.419. The van der Waals surface area contributed by atoms with E-state index in [1.165, 1.54) is 5.56 Å². The molecule has 0 fully saturated rings. The normalized spacial score (nSPS) is 12.4. The Kier molecular flexibility index (Phi) is 8.68. The lowest BCUT2D eigenvalue weighted by molar-refractivity contribution is 0.379. The van der Waals surface area contributed by atoms with Gasteiger partial charge in [-0.3, -0.25) is 0 Å². The second-order valence-corrected chi connectivity index (χ2v) is 5.11. The van der Waals surface area contributed by atoms with Crippen LogP contribution in [-0.4, -0.2) is 17.7 Å². The van der Waals surface area contributed by atoms with Gasteiger partial charge in [0, 0.05) is 12.6 Å². The van der Waals surface area contributed by atoms with E-state index in [0.29, 0.717) is 6.54 Å². The van der Waals surface area contributed by atoms with Crippen LogP contribution < -0.4 is 10.6 Å². The monoisotopic (exact) mass is 428 g/mol. The summed E-state index contributed by atoms with van der Waals surface area (Å²) in [7, 11) is 0. The van der Waals surface area contributed by atoms with Crippen molar-refractivity contribution in [3.05, 3.63) is 53.4 Å². The van der Waals surface area contributed by atoms with E-state index in [-0.39, 0.29) is 30.0 Å². The molecule has 0 saturated carbocycles. The molecular weight excluding hydrogens is 403 g/mol. The minimum atomic E-state index is 0. The lowest BCUT2D eigenvalue weighted by Gasteiger charge is -2.18. The maximum Gasteiger partial charge on any atom is 0.192 e. The number of guanidine groups is 1. The van der Waals surface area contributed by atoms with Gasteiger partial charge in [0.05, 0.1) is 11.7 Å². The molecule has 2 aromatic rings. The summed E-state index contributed by atoms with van der Waals surface area (Å²) >= 11 is 0. The van der Waals surface area contributed by atoms with Crippen LogP contribution >= 0.6 is 24.0 Å². The highest BCUT2D eigenvalue weighted by Gasteiger charge is 2.08. The van der Waals surface area contributed by atoms with Gasteiger partial charge >= 0.3 is 0 Å². The van der Waals surface area contributed by atoms with Gasteiger partial charge in [-0.05, 0) is 25.8 Å². The third kappa shape index (κ3) is 6.21. The zero-order valence-electron chi connectivity index (χ0n) is 13.9. The van der Waals surface area contributed by atoms with Crippen molar-refractivity contribution < 1.29 is 4.52 Å². The van der Waals surface area contributed by atoms with Gasteiger partial charge in [-0.2, -0.15) is 0 Å². The van der Waals surface area contributed by atoms with Crippen LogP contribution in [0.25, 0.3) is 0 Å². The molecule has 23 heavy (non-hydrogen) atoms. The van der Waals surface area contributed by atoms with Crippen LogP contribution in [0.4, 0.5) is 0 Å². The number of aromatic nitrogens is 1. The smallest absolute Gasteiger partial charge is 0.192 e. The molecule has 0 spiro atoms. The second-order valence-electron chi connectivity index (χ2n) is 5.11. The van der Waals surface area contributed by atoms with Crippen LogP contribution in [0.15, 0.2) is 45.9 Å². The van der Waals surface area contributed by atoms with Crippen molar-refractivity contribution in [2.75, 3.05) is 6.54 Å². The number of aryl methyl sites for hydroxylation is 1. The zero-order chi connectivity index (χ0) is 15.8. The zero-order valence-corrected chi connectivity index (χ0v) is 16.2. The van der Waals surface area contributed by atoms with E-state index >= 15 is 0 Å². The van der Waals surface area contributed by atoms with Gasteiger partial charge < -0.3 is 15.2 Å². The number of halogens is 1. The molecule has 0 amide bonds. The van der Waals surface area contributed by atoms with Crippen molar-refractivity contribution >= 4 is 29.9 Å². The number of aliphatic imine (C=N–C) groups is 1. The lowest BCUT2D eigenvalue weighted by atomic mass is 10.1. The topological polar surface area (TPSA) is 62.5 Å². The first-order chi connectivity index (χ1) is 10.7. The predicted octanol–water partition coefficient (Wildman–Crippen LogP) is 3.67. The van der Waals surface area contributed by atoms with Crippen molar-refractivity contribution in [3.8, 4) is 0 Å². The van der Waals surface area contributed by atoms with Gasteiger partial charge in [-0.1, -0.05) is 42.4 Å². The molecule has 1 aromatic carbocycles. The summed E-state index contributed by atoms with van der Waals surface area (Å²) in [6.45, 7) is 7.51. The molecule has 1 heterocycles. The number of nitrogens with one attached hydrogen (secondary N) is 2. The minimum Gasteiger partial charge on any atom is -0.359 e. The molecular formula is C17H25IN4O. The van der Waals surface area contributed by atoms with Gasteiger partial charge in [0.15, 0.2) is 11.7 Å². The Bertz CT molecular complexity index is 598. The Morgan fingerprint density at radius 3 is 2.61 bits per heavy atom. The van der Waals surface area contributed by atoms with Gasteiger partial charge in [0.25, 0.3) is 0 Å². The lowest BCUT2D eigenvalue weighted by Crippen LogP contribution is -2.38. The number of benzene rings is 1. The van der Waals surface area contributed by atoms with E-state index in [2.05, 4.69) is 46.8 Å². The van der Waals surface area contributed by atoms with Crippen LogP contribution in [-0.2, 0) is 13.0 Å². The molecule has 0 aliphatic heterocycles. The van der Waals surface area contributed by atoms with E-state index in [9.17, 15) is 0 Å². The third-order valence-electron chi connectivity index (χ3n) is 3.36. The summed E-state index contributed by atoms with van der Waals surface area (Å²) in [4.78, 5) is 4.56. The van der Waals surface area contributed by atoms with Gasteiger partial charge in [0.2, 0.25) is 0 Å². The van der Waals surface area contributed by atoms with Gasteiger partial charge in [-0.25, -0.2) is 4.99 Å². The average Bonchev–Trinajstić information content (AvgIpc) is 3.01. The summed E-state index contributed by atoms with van der Waals surface area (Å²) in [6, 6.07) is 12.4. The predicted molar refractivity (Wildman–Crippen MR) is 104 cm³/mol. The first-order valence-corrected chi connectivity index (χ1v) is 7.77. The van der Waals surface area contributed by atoms with Gasteiger partial charge in [0.1, 0.15) is 6.54 Å². The maximum atomic E-state index is 5.26. The van der Waals surface area contributed by atoms with E-state index in [0.717, 1.165) is 30.4 Å². The Hall–Kier alpha value is -1.57. The van der Waals surface area contributed by atoms with Crippen LogP contribution in [0, 0.1) is 0 Å². The van der Waals surface area contributed by atoms with Crippen LogP contribution in [0.2, 0.25) is 0 Å². The average molecular weight is 428 g/mol. The fourth-order valence-electron chi connectivity index (χ4n) is 2.10. The molecule has 1 atom stereocenters.